The highest BCUT2D eigenvalue weighted by Gasteiger charge is 2.33. The van der Waals surface area contributed by atoms with Crippen LogP contribution in [0.5, 0.6) is 0 Å². The Morgan fingerprint density at radius 1 is 1.33 bits per heavy atom. The third-order valence-corrected chi connectivity index (χ3v) is 5.83. The van der Waals surface area contributed by atoms with Gasteiger partial charge in [-0.15, -0.1) is 0 Å². The topological polar surface area (TPSA) is 83.5 Å². The Kier molecular flexibility index (Phi) is 5.14. The summed E-state index contributed by atoms with van der Waals surface area (Å²) in [6, 6.07) is 4.18. The molecule has 116 valence electrons. The minimum Gasteiger partial charge on any atom is -0.481 e. The molecule has 1 aromatic carbocycles. The van der Waals surface area contributed by atoms with E-state index in [1.807, 2.05) is 0 Å². The van der Waals surface area contributed by atoms with Gasteiger partial charge in [-0.2, -0.15) is 0 Å². The van der Waals surface area contributed by atoms with E-state index in [4.69, 9.17) is 28.3 Å². The molecule has 5 nitrogen and oxygen atoms in total. The number of hydrogen-bond acceptors (Lipinski definition) is 3. The van der Waals surface area contributed by atoms with E-state index in [0.717, 1.165) is 6.42 Å². The lowest BCUT2D eigenvalue weighted by Gasteiger charge is -2.16. The van der Waals surface area contributed by atoms with Crippen LogP contribution in [0, 0.1) is 11.8 Å². The summed E-state index contributed by atoms with van der Waals surface area (Å²) >= 11 is 11.7. The van der Waals surface area contributed by atoms with E-state index in [2.05, 4.69) is 4.72 Å². The fourth-order valence-corrected chi connectivity index (χ4v) is 4.44. The fourth-order valence-electron chi connectivity index (χ4n) is 2.58. The Morgan fingerprint density at radius 3 is 2.71 bits per heavy atom. The normalized spacial score (nSPS) is 22.4. The Hall–Kier alpha value is -0.820. The second-order valence-corrected chi connectivity index (χ2v) is 7.64. The van der Waals surface area contributed by atoms with E-state index < -0.39 is 21.9 Å². The summed E-state index contributed by atoms with van der Waals surface area (Å²) in [5.74, 6) is -1.57. The van der Waals surface area contributed by atoms with E-state index in [0.29, 0.717) is 12.8 Å². The number of benzene rings is 1. The molecule has 2 atom stereocenters. The van der Waals surface area contributed by atoms with E-state index in [-0.39, 0.29) is 27.4 Å². The molecule has 0 saturated heterocycles. The van der Waals surface area contributed by atoms with Gasteiger partial charge in [0, 0.05) is 11.6 Å². The highest BCUT2D eigenvalue weighted by atomic mass is 35.5. The van der Waals surface area contributed by atoms with Crippen molar-refractivity contribution in [2.45, 2.75) is 24.2 Å². The van der Waals surface area contributed by atoms with Crippen LogP contribution < -0.4 is 4.72 Å². The van der Waals surface area contributed by atoms with Crippen LogP contribution in [0.2, 0.25) is 10.0 Å². The molecule has 0 spiro atoms. The Morgan fingerprint density at radius 2 is 2.05 bits per heavy atom. The van der Waals surface area contributed by atoms with Crippen molar-refractivity contribution >= 4 is 39.2 Å². The number of halogens is 2. The number of carbonyl (C=O) groups is 1. The molecule has 0 aliphatic heterocycles. The van der Waals surface area contributed by atoms with Gasteiger partial charge in [0.15, 0.2) is 0 Å². The van der Waals surface area contributed by atoms with Gasteiger partial charge in [0.2, 0.25) is 10.0 Å². The maximum Gasteiger partial charge on any atom is 0.306 e. The Bertz CT molecular complexity index is 648. The first-order chi connectivity index (χ1) is 9.81. The summed E-state index contributed by atoms with van der Waals surface area (Å²) in [6.07, 6.45) is 2.07. The first-order valence-corrected chi connectivity index (χ1v) is 8.72. The van der Waals surface area contributed by atoms with Crippen LogP contribution in [0.3, 0.4) is 0 Å². The average molecular weight is 352 g/mol. The smallest absolute Gasteiger partial charge is 0.306 e. The number of carboxylic acids is 1. The highest BCUT2D eigenvalue weighted by Crippen LogP contribution is 2.32. The summed E-state index contributed by atoms with van der Waals surface area (Å²) in [7, 11) is -3.81. The van der Waals surface area contributed by atoms with Crippen molar-refractivity contribution in [1.82, 2.24) is 4.72 Å². The zero-order valence-electron chi connectivity index (χ0n) is 11.1. The van der Waals surface area contributed by atoms with E-state index in [1.54, 1.807) is 0 Å². The minimum absolute atomic E-state index is 0.0770. The van der Waals surface area contributed by atoms with Gasteiger partial charge in [-0.3, -0.25) is 4.79 Å². The molecule has 0 radical (unpaired) electrons. The first-order valence-electron chi connectivity index (χ1n) is 6.49. The van der Waals surface area contributed by atoms with Crippen LogP contribution in [0.15, 0.2) is 23.1 Å². The molecule has 0 aromatic heterocycles. The molecule has 8 heteroatoms. The third-order valence-electron chi connectivity index (χ3n) is 3.69. The van der Waals surface area contributed by atoms with Crippen LogP contribution in [0.4, 0.5) is 0 Å². The molecule has 0 heterocycles. The summed E-state index contributed by atoms with van der Waals surface area (Å²) < 4.78 is 26.9. The SMILES string of the molecule is O=C(O)C1CCCC1CNS(=O)(=O)c1cc(Cl)ccc1Cl. The molecule has 2 N–H and O–H groups in total. The van der Waals surface area contributed by atoms with Crippen molar-refractivity contribution < 1.29 is 18.3 Å². The molecule has 21 heavy (non-hydrogen) atoms. The molecule has 0 amide bonds. The lowest BCUT2D eigenvalue weighted by atomic mass is 9.97. The van der Waals surface area contributed by atoms with Crippen molar-refractivity contribution in [3.05, 3.63) is 28.2 Å². The Labute approximate surface area is 133 Å². The molecule has 1 fully saturated rings. The number of aliphatic carboxylic acids is 1. The zero-order valence-corrected chi connectivity index (χ0v) is 13.4. The van der Waals surface area contributed by atoms with Crippen LogP contribution in [0.25, 0.3) is 0 Å². The lowest BCUT2D eigenvalue weighted by molar-refractivity contribution is -0.142. The monoisotopic (exact) mass is 351 g/mol. The average Bonchev–Trinajstić information content (AvgIpc) is 2.88. The number of carboxylic acid groups (broad SMARTS) is 1. The second-order valence-electron chi connectivity index (χ2n) is 5.06. The second kappa shape index (κ2) is 6.52. The number of rotatable bonds is 5. The van der Waals surface area contributed by atoms with Gasteiger partial charge in [-0.1, -0.05) is 29.6 Å². The van der Waals surface area contributed by atoms with Crippen molar-refractivity contribution in [3.63, 3.8) is 0 Å². The van der Waals surface area contributed by atoms with Gasteiger partial charge in [0.05, 0.1) is 10.9 Å². The van der Waals surface area contributed by atoms with Crippen LogP contribution in [0.1, 0.15) is 19.3 Å². The maximum absolute atomic E-state index is 12.2. The standard InChI is InChI=1S/C13H15Cl2NO4S/c14-9-4-5-11(15)12(6-9)21(19,20)16-7-8-2-1-3-10(8)13(17)18/h4-6,8,10,16H,1-3,7H2,(H,17,18). The first kappa shape index (κ1) is 16.5. The van der Waals surface area contributed by atoms with Gasteiger partial charge in [-0.25, -0.2) is 13.1 Å². The molecular weight excluding hydrogens is 337 g/mol. The van der Waals surface area contributed by atoms with Crippen molar-refractivity contribution in [2.75, 3.05) is 6.54 Å². The van der Waals surface area contributed by atoms with Crippen LogP contribution >= 0.6 is 23.2 Å². The van der Waals surface area contributed by atoms with Gasteiger partial charge in [0.25, 0.3) is 0 Å². The van der Waals surface area contributed by atoms with E-state index in [9.17, 15) is 13.2 Å². The predicted molar refractivity (Wildman–Crippen MR) is 80.1 cm³/mol. The molecular formula is C13H15Cl2NO4S. The van der Waals surface area contributed by atoms with E-state index in [1.165, 1.54) is 18.2 Å². The van der Waals surface area contributed by atoms with E-state index >= 15 is 0 Å². The number of hydrogen-bond donors (Lipinski definition) is 2. The maximum atomic E-state index is 12.2. The summed E-state index contributed by atoms with van der Waals surface area (Å²) in [6.45, 7) is 0.0855. The van der Waals surface area contributed by atoms with Crippen molar-refractivity contribution in [1.29, 1.82) is 0 Å². The van der Waals surface area contributed by atoms with Gasteiger partial charge in [-0.05, 0) is 37.0 Å². The molecule has 1 aromatic rings. The molecule has 1 aliphatic carbocycles. The van der Waals surface area contributed by atoms with Crippen molar-refractivity contribution in [3.8, 4) is 0 Å². The lowest BCUT2D eigenvalue weighted by Crippen LogP contribution is -2.33. The zero-order chi connectivity index (χ0) is 15.6. The van der Waals surface area contributed by atoms with Crippen LogP contribution in [-0.4, -0.2) is 26.0 Å². The number of sulfonamides is 1. The summed E-state index contributed by atoms with van der Waals surface area (Å²) in [5.41, 5.74) is 0. The molecule has 1 aliphatic rings. The predicted octanol–water partition coefficient (Wildman–Crippen LogP) is 2.77. The molecule has 1 saturated carbocycles. The van der Waals surface area contributed by atoms with Gasteiger partial charge >= 0.3 is 5.97 Å². The Balaban J connectivity index is 2.11. The fraction of sp³-hybridized carbons (Fsp3) is 0.462. The number of nitrogens with one attached hydrogen (secondary N) is 1. The highest BCUT2D eigenvalue weighted by molar-refractivity contribution is 7.89. The quantitative estimate of drug-likeness (QED) is 0.854. The molecule has 2 unspecified atom stereocenters. The minimum atomic E-state index is -3.81. The van der Waals surface area contributed by atoms with Gasteiger partial charge < -0.3 is 5.11 Å². The largest absolute Gasteiger partial charge is 0.481 e. The van der Waals surface area contributed by atoms with Crippen LogP contribution in [-0.2, 0) is 14.8 Å². The molecule has 2 rings (SSSR count). The molecule has 0 bridgehead atoms. The van der Waals surface area contributed by atoms with Gasteiger partial charge in [0.1, 0.15) is 4.90 Å². The summed E-state index contributed by atoms with van der Waals surface area (Å²) in [4.78, 5) is 11.0. The van der Waals surface area contributed by atoms with Crippen molar-refractivity contribution in [2.24, 2.45) is 11.8 Å². The third kappa shape index (κ3) is 3.88. The summed E-state index contributed by atoms with van der Waals surface area (Å²) in [5, 5.41) is 9.44.